The Labute approximate surface area is 60.6 Å². The minimum Gasteiger partial charge on any atom is -0.384 e. The molecule has 0 aliphatic heterocycles. The molecule has 1 N–H and O–H groups in total. The van der Waals surface area contributed by atoms with Crippen LogP contribution < -0.4 is 0 Å². The Hall–Kier alpha value is -1.08. The van der Waals surface area contributed by atoms with Crippen LogP contribution in [0.3, 0.4) is 0 Å². The zero-order valence-electron chi connectivity index (χ0n) is 5.62. The van der Waals surface area contributed by atoms with Crippen molar-refractivity contribution in [1.82, 2.24) is 0 Å². The molecule has 1 unspecified atom stereocenters. The van der Waals surface area contributed by atoms with Gasteiger partial charge in [0.25, 0.3) is 0 Å². The van der Waals surface area contributed by atoms with Crippen molar-refractivity contribution in [3.05, 3.63) is 48.6 Å². The number of rotatable bonds is 2. The maximum atomic E-state index is 9.20. The predicted molar refractivity (Wildman–Crippen MR) is 40.4 cm³/mol. The highest BCUT2D eigenvalue weighted by molar-refractivity contribution is 5.19. The Kier molecular flexibility index (Phi) is 2.24. The van der Waals surface area contributed by atoms with Crippen LogP contribution in [0, 0.1) is 6.07 Å². The molecule has 51 valence electrons. The quantitative estimate of drug-likeness (QED) is 0.609. The van der Waals surface area contributed by atoms with Gasteiger partial charge in [0.15, 0.2) is 0 Å². The highest BCUT2D eigenvalue weighted by Crippen LogP contribution is 2.11. The van der Waals surface area contributed by atoms with Gasteiger partial charge in [0.1, 0.15) is 0 Å². The molecule has 1 radical (unpaired) electrons. The third-order valence-electron chi connectivity index (χ3n) is 1.31. The van der Waals surface area contributed by atoms with E-state index in [1.54, 1.807) is 12.1 Å². The molecule has 1 aromatic rings. The van der Waals surface area contributed by atoms with Crippen LogP contribution in [0.4, 0.5) is 0 Å². The molecule has 0 saturated heterocycles. The average molecular weight is 133 g/mol. The lowest BCUT2D eigenvalue weighted by Crippen LogP contribution is -1.90. The van der Waals surface area contributed by atoms with Gasteiger partial charge >= 0.3 is 0 Å². The molecule has 10 heavy (non-hydrogen) atoms. The topological polar surface area (TPSA) is 20.2 Å². The fourth-order valence-electron chi connectivity index (χ4n) is 0.733. The lowest BCUT2D eigenvalue weighted by atomic mass is 10.1. The fraction of sp³-hybridized carbons (Fsp3) is 0.111. The van der Waals surface area contributed by atoms with E-state index in [0.717, 1.165) is 5.56 Å². The number of hydrogen-bond acceptors (Lipinski definition) is 1. The molecule has 0 aliphatic carbocycles. The minimum atomic E-state index is -0.547. The molecular weight excluding hydrogens is 124 g/mol. The van der Waals surface area contributed by atoms with Crippen molar-refractivity contribution in [3.8, 4) is 0 Å². The van der Waals surface area contributed by atoms with Gasteiger partial charge in [0.2, 0.25) is 0 Å². The van der Waals surface area contributed by atoms with E-state index >= 15 is 0 Å². The van der Waals surface area contributed by atoms with Gasteiger partial charge in [-0.25, -0.2) is 0 Å². The highest BCUT2D eigenvalue weighted by Gasteiger charge is 1.98. The molecular formula is C9H9O. The lowest BCUT2D eigenvalue weighted by Gasteiger charge is -2.02. The minimum absolute atomic E-state index is 0.547. The van der Waals surface area contributed by atoms with Crippen molar-refractivity contribution in [2.45, 2.75) is 6.10 Å². The second kappa shape index (κ2) is 3.18. The van der Waals surface area contributed by atoms with Crippen molar-refractivity contribution < 1.29 is 5.11 Å². The van der Waals surface area contributed by atoms with Crippen molar-refractivity contribution in [1.29, 1.82) is 0 Å². The summed E-state index contributed by atoms with van der Waals surface area (Å²) in [4.78, 5) is 0. The van der Waals surface area contributed by atoms with E-state index in [-0.39, 0.29) is 0 Å². The van der Waals surface area contributed by atoms with Crippen molar-refractivity contribution in [2.24, 2.45) is 0 Å². The highest BCUT2D eigenvalue weighted by atomic mass is 16.3. The van der Waals surface area contributed by atoms with Gasteiger partial charge in [-0.3, -0.25) is 0 Å². The first-order chi connectivity index (χ1) is 4.84. The van der Waals surface area contributed by atoms with Crippen LogP contribution in [0.2, 0.25) is 0 Å². The second-order valence-electron chi connectivity index (χ2n) is 2.01. The van der Waals surface area contributed by atoms with Gasteiger partial charge in [-0.1, -0.05) is 30.3 Å². The molecule has 0 fully saturated rings. The normalized spacial score (nSPS) is 12.5. The monoisotopic (exact) mass is 133 g/mol. The van der Waals surface area contributed by atoms with Gasteiger partial charge in [0.05, 0.1) is 6.10 Å². The average Bonchev–Trinajstić information content (AvgIpc) is 2.05. The summed E-state index contributed by atoms with van der Waals surface area (Å²) in [5.74, 6) is 0. The molecule has 1 aromatic carbocycles. The number of aliphatic hydroxyl groups is 1. The van der Waals surface area contributed by atoms with Gasteiger partial charge in [-0.05, 0) is 11.6 Å². The van der Waals surface area contributed by atoms with E-state index in [4.69, 9.17) is 0 Å². The molecule has 0 amide bonds. The Balaban J connectivity index is 2.84. The summed E-state index contributed by atoms with van der Waals surface area (Å²) in [6, 6.07) is 10.0. The summed E-state index contributed by atoms with van der Waals surface area (Å²) in [7, 11) is 0. The number of hydrogen-bond donors (Lipinski definition) is 1. The van der Waals surface area contributed by atoms with Crippen LogP contribution in [0.25, 0.3) is 0 Å². The lowest BCUT2D eigenvalue weighted by molar-refractivity contribution is 0.229. The van der Waals surface area contributed by atoms with Gasteiger partial charge in [0, 0.05) is 0 Å². The van der Waals surface area contributed by atoms with E-state index < -0.39 is 6.10 Å². The van der Waals surface area contributed by atoms with E-state index in [1.807, 2.05) is 12.1 Å². The SMILES string of the molecule is C=CC(O)c1cc[c]cc1. The maximum absolute atomic E-state index is 9.20. The Morgan fingerprint density at radius 1 is 1.50 bits per heavy atom. The van der Waals surface area contributed by atoms with E-state index in [0.29, 0.717) is 0 Å². The van der Waals surface area contributed by atoms with E-state index in [2.05, 4.69) is 12.6 Å². The summed E-state index contributed by atoms with van der Waals surface area (Å²) >= 11 is 0. The summed E-state index contributed by atoms with van der Waals surface area (Å²) < 4.78 is 0. The van der Waals surface area contributed by atoms with Crippen molar-refractivity contribution in [2.75, 3.05) is 0 Å². The molecule has 0 aromatic heterocycles. The standard InChI is InChI=1S/C9H9O/c1-2-9(10)8-6-4-3-5-7-8/h2,4-7,9-10H,1H2. The smallest absolute Gasteiger partial charge is 0.0969 e. The molecule has 1 rings (SSSR count). The van der Waals surface area contributed by atoms with E-state index in [9.17, 15) is 5.11 Å². The summed E-state index contributed by atoms with van der Waals surface area (Å²) in [5, 5.41) is 9.20. The van der Waals surface area contributed by atoms with Crippen LogP contribution >= 0.6 is 0 Å². The van der Waals surface area contributed by atoms with Crippen LogP contribution in [0.15, 0.2) is 36.9 Å². The number of aliphatic hydroxyl groups excluding tert-OH is 1. The van der Waals surface area contributed by atoms with Crippen LogP contribution in [-0.4, -0.2) is 5.11 Å². The van der Waals surface area contributed by atoms with E-state index in [1.165, 1.54) is 6.08 Å². The molecule has 0 aliphatic rings. The van der Waals surface area contributed by atoms with Gasteiger partial charge < -0.3 is 5.11 Å². The first-order valence-electron chi connectivity index (χ1n) is 3.11. The maximum Gasteiger partial charge on any atom is 0.0969 e. The van der Waals surface area contributed by atoms with Crippen LogP contribution in [-0.2, 0) is 0 Å². The molecule has 0 saturated carbocycles. The number of benzene rings is 1. The Morgan fingerprint density at radius 2 is 2.10 bits per heavy atom. The van der Waals surface area contributed by atoms with Crippen LogP contribution in [0.1, 0.15) is 11.7 Å². The molecule has 1 atom stereocenters. The Morgan fingerprint density at radius 3 is 2.60 bits per heavy atom. The molecule has 0 heterocycles. The first-order valence-corrected chi connectivity index (χ1v) is 3.11. The van der Waals surface area contributed by atoms with Gasteiger partial charge in [-0.15, -0.1) is 6.58 Å². The molecule has 0 bridgehead atoms. The third-order valence-corrected chi connectivity index (χ3v) is 1.31. The molecule has 0 spiro atoms. The summed E-state index contributed by atoms with van der Waals surface area (Å²) in [5.41, 5.74) is 0.855. The zero-order chi connectivity index (χ0) is 7.40. The Bertz CT molecular complexity index is 203. The largest absolute Gasteiger partial charge is 0.384 e. The second-order valence-corrected chi connectivity index (χ2v) is 2.01. The van der Waals surface area contributed by atoms with Crippen molar-refractivity contribution in [3.63, 3.8) is 0 Å². The molecule has 1 nitrogen and oxygen atoms in total. The zero-order valence-corrected chi connectivity index (χ0v) is 5.62. The third kappa shape index (κ3) is 1.45. The van der Waals surface area contributed by atoms with Crippen molar-refractivity contribution >= 4 is 0 Å². The predicted octanol–water partition coefficient (Wildman–Crippen LogP) is 1.71. The fourth-order valence-corrected chi connectivity index (χ4v) is 0.733. The van der Waals surface area contributed by atoms with Gasteiger partial charge in [-0.2, -0.15) is 0 Å². The van der Waals surface area contributed by atoms with Crippen LogP contribution in [0.5, 0.6) is 0 Å². The first kappa shape index (κ1) is 7.03. The summed E-state index contributed by atoms with van der Waals surface area (Å²) in [6.07, 6.45) is 0.949. The molecule has 1 heteroatoms. The summed E-state index contributed by atoms with van der Waals surface area (Å²) in [6.45, 7) is 3.48.